The molecule has 0 aliphatic carbocycles. The van der Waals surface area contributed by atoms with Crippen LogP contribution in [0.1, 0.15) is 34.7 Å². The Kier molecular flexibility index (Phi) is 5.40. The Morgan fingerprint density at radius 1 is 1.06 bits per heavy atom. The molecule has 1 aliphatic heterocycles. The Morgan fingerprint density at radius 3 is 2.66 bits per heavy atom. The Morgan fingerprint density at radius 2 is 1.94 bits per heavy atom. The van der Waals surface area contributed by atoms with Crippen molar-refractivity contribution >= 4 is 34.4 Å². The maximum Gasteiger partial charge on any atom is 0.193 e. The van der Waals surface area contributed by atoms with Crippen LogP contribution in [-0.4, -0.2) is 26.8 Å². The molecule has 5 rings (SSSR count). The second kappa shape index (κ2) is 8.37. The summed E-state index contributed by atoms with van der Waals surface area (Å²) in [7, 11) is 1.68. The van der Waals surface area contributed by atoms with Crippen molar-refractivity contribution in [2.24, 2.45) is 0 Å². The summed E-state index contributed by atoms with van der Waals surface area (Å²) >= 11 is 7.48. The summed E-state index contributed by atoms with van der Waals surface area (Å²) in [6.45, 7) is 4.26. The summed E-state index contributed by atoms with van der Waals surface area (Å²) in [5, 5.41) is 7.15. The number of aromatic nitrogens is 3. The minimum absolute atomic E-state index is 0.0792. The van der Waals surface area contributed by atoms with Gasteiger partial charge in [-0.3, -0.25) is 9.55 Å². The molecule has 4 heterocycles. The molecule has 0 unspecified atom stereocenters. The smallest absolute Gasteiger partial charge is 0.193 e. The zero-order valence-corrected chi connectivity index (χ0v) is 19.7. The molecule has 4 aromatic rings. The van der Waals surface area contributed by atoms with Gasteiger partial charge >= 0.3 is 0 Å². The molecule has 162 valence electrons. The van der Waals surface area contributed by atoms with E-state index in [1.807, 2.05) is 54.2 Å². The van der Waals surface area contributed by atoms with Crippen LogP contribution in [-0.2, 0) is 0 Å². The fourth-order valence-electron chi connectivity index (χ4n) is 4.42. The van der Waals surface area contributed by atoms with E-state index in [-0.39, 0.29) is 12.1 Å². The highest BCUT2D eigenvalue weighted by Gasteiger charge is 2.42. The SMILES string of the molecule is COc1cccc(N2C(=S)N[C@@H](c3ccccn3)[C@H]2c2cc(C)n(-c3nccs3)c2C)c1. The summed E-state index contributed by atoms with van der Waals surface area (Å²) in [6, 6.07) is 16.0. The standard InChI is InChI=1S/C24H23N5OS2/c1-15-13-19(16(2)28(15)24-26-11-12-32-24)22-21(20-9-4-5-10-25-20)27-23(31)29(22)17-7-6-8-18(14-17)30-3/h4-14,21-22H,1-3H3,(H,27,31)/t21-,22+/m0/s1. The Balaban J connectivity index is 1.68. The number of ether oxygens (including phenoxy) is 1. The average molecular weight is 462 g/mol. The molecule has 1 fully saturated rings. The monoisotopic (exact) mass is 461 g/mol. The second-order valence-electron chi connectivity index (χ2n) is 7.67. The summed E-state index contributed by atoms with van der Waals surface area (Å²) in [5.74, 6) is 0.790. The van der Waals surface area contributed by atoms with Gasteiger partial charge in [-0.05, 0) is 62.0 Å². The molecule has 0 amide bonds. The number of nitrogens with one attached hydrogen (secondary N) is 1. The first-order valence-electron chi connectivity index (χ1n) is 10.3. The highest BCUT2D eigenvalue weighted by molar-refractivity contribution is 7.80. The van der Waals surface area contributed by atoms with Crippen molar-refractivity contribution in [1.29, 1.82) is 0 Å². The lowest BCUT2D eigenvalue weighted by Gasteiger charge is -2.28. The number of methoxy groups -OCH3 is 1. The summed E-state index contributed by atoms with van der Waals surface area (Å²) in [5.41, 5.74) is 5.38. The zero-order valence-electron chi connectivity index (χ0n) is 18.0. The molecule has 0 bridgehead atoms. The van der Waals surface area contributed by atoms with E-state index in [9.17, 15) is 0 Å². The van der Waals surface area contributed by atoms with Crippen molar-refractivity contribution in [3.05, 3.63) is 88.9 Å². The fourth-order valence-corrected chi connectivity index (χ4v) is 5.51. The van der Waals surface area contributed by atoms with Gasteiger partial charge in [-0.15, -0.1) is 11.3 Å². The number of hydrogen-bond acceptors (Lipinski definition) is 5. The number of thiocarbonyl (C=S) groups is 1. The highest BCUT2D eigenvalue weighted by atomic mass is 32.1. The predicted octanol–water partition coefficient (Wildman–Crippen LogP) is 5.13. The number of anilines is 1. The molecule has 2 atom stereocenters. The van der Waals surface area contributed by atoms with E-state index in [2.05, 4.69) is 50.7 Å². The van der Waals surface area contributed by atoms with Gasteiger partial charge in [0.25, 0.3) is 0 Å². The Hall–Kier alpha value is -3.23. The molecule has 0 spiro atoms. The van der Waals surface area contributed by atoms with Crippen molar-refractivity contribution in [3.8, 4) is 10.9 Å². The average Bonchev–Trinajstić information content (AvgIpc) is 3.52. The first-order valence-corrected chi connectivity index (χ1v) is 11.6. The van der Waals surface area contributed by atoms with Crippen LogP contribution in [0.3, 0.4) is 0 Å². The molecular weight excluding hydrogens is 438 g/mol. The van der Waals surface area contributed by atoms with Crippen molar-refractivity contribution in [1.82, 2.24) is 19.9 Å². The molecule has 1 aromatic carbocycles. The van der Waals surface area contributed by atoms with Gasteiger partial charge in [-0.25, -0.2) is 4.98 Å². The predicted molar refractivity (Wildman–Crippen MR) is 132 cm³/mol. The largest absolute Gasteiger partial charge is 0.497 e. The van der Waals surface area contributed by atoms with E-state index in [1.54, 1.807) is 18.4 Å². The topological polar surface area (TPSA) is 55.2 Å². The molecule has 6 nitrogen and oxygen atoms in total. The minimum atomic E-state index is -0.0971. The molecule has 1 N–H and O–H groups in total. The number of aryl methyl sites for hydroxylation is 1. The van der Waals surface area contributed by atoms with Crippen molar-refractivity contribution < 1.29 is 4.74 Å². The summed E-state index contributed by atoms with van der Waals surface area (Å²) < 4.78 is 7.69. The summed E-state index contributed by atoms with van der Waals surface area (Å²) in [4.78, 5) is 11.4. The Bertz CT molecular complexity index is 1250. The Labute approximate surface area is 196 Å². The number of hydrogen-bond donors (Lipinski definition) is 1. The molecule has 1 aliphatic rings. The molecule has 32 heavy (non-hydrogen) atoms. The lowest BCUT2D eigenvalue weighted by molar-refractivity contribution is 0.415. The van der Waals surface area contributed by atoms with Crippen LogP contribution >= 0.6 is 23.6 Å². The number of nitrogens with zero attached hydrogens (tertiary/aromatic N) is 4. The minimum Gasteiger partial charge on any atom is -0.497 e. The molecule has 0 saturated carbocycles. The maximum absolute atomic E-state index is 5.85. The number of rotatable bonds is 5. The van der Waals surface area contributed by atoms with Gasteiger partial charge in [0.1, 0.15) is 5.75 Å². The lowest BCUT2D eigenvalue weighted by atomic mass is 9.96. The van der Waals surface area contributed by atoms with Crippen LogP contribution in [0, 0.1) is 13.8 Å². The van der Waals surface area contributed by atoms with Gasteiger partial charge in [-0.1, -0.05) is 12.1 Å². The van der Waals surface area contributed by atoms with Gasteiger partial charge in [0, 0.05) is 40.9 Å². The van der Waals surface area contributed by atoms with Gasteiger partial charge in [0.05, 0.1) is 24.9 Å². The van der Waals surface area contributed by atoms with E-state index in [4.69, 9.17) is 17.0 Å². The van der Waals surface area contributed by atoms with Crippen LogP contribution in [0.15, 0.2) is 66.3 Å². The van der Waals surface area contributed by atoms with Crippen molar-refractivity contribution in [2.45, 2.75) is 25.9 Å². The quantitative estimate of drug-likeness (QED) is 0.416. The van der Waals surface area contributed by atoms with E-state index >= 15 is 0 Å². The molecule has 1 saturated heterocycles. The van der Waals surface area contributed by atoms with Crippen LogP contribution in [0.2, 0.25) is 0 Å². The van der Waals surface area contributed by atoms with E-state index < -0.39 is 0 Å². The lowest BCUT2D eigenvalue weighted by Crippen LogP contribution is -2.29. The van der Waals surface area contributed by atoms with Gasteiger partial charge < -0.3 is 15.0 Å². The van der Waals surface area contributed by atoms with E-state index in [0.29, 0.717) is 5.11 Å². The first-order chi connectivity index (χ1) is 15.6. The second-order valence-corrected chi connectivity index (χ2v) is 8.93. The number of pyridine rings is 1. The first kappa shape index (κ1) is 20.7. The van der Waals surface area contributed by atoms with E-state index in [0.717, 1.165) is 33.7 Å². The third-order valence-corrected chi connectivity index (χ3v) is 6.90. The third kappa shape index (κ3) is 3.45. The molecule has 8 heteroatoms. The van der Waals surface area contributed by atoms with Crippen molar-refractivity contribution in [3.63, 3.8) is 0 Å². The number of thiazole rings is 1. The molecule has 0 radical (unpaired) electrons. The van der Waals surface area contributed by atoms with Crippen LogP contribution in [0.25, 0.3) is 5.13 Å². The molecule has 3 aromatic heterocycles. The van der Waals surface area contributed by atoms with Gasteiger partial charge in [-0.2, -0.15) is 0 Å². The highest BCUT2D eigenvalue weighted by Crippen LogP contribution is 2.44. The zero-order chi connectivity index (χ0) is 22.2. The van der Waals surface area contributed by atoms with Gasteiger partial charge in [0.15, 0.2) is 10.2 Å². The number of benzene rings is 1. The van der Waals surface area contributed by atoms with Crippen LogP contribution in [0.5, 0.6) is 5.75 Å². The van der Waals surface area contributed by atoms with Gasteiger partial charge in [0.2, 0.25) is 0 Å². The normalized spacial score (nSPS) is 18.1. The third-order valence-electron chi connectivity index (χ3n) is 5.83. The van der Waals surface area contributed by atoms with Crippen LogP contribution in [0.4, 0.5) is 5.69 Å². The van der Waals surface area contributed by atoms with Crippen LogP contribution < -0.4 is 15.0 Å². The van der Waals surface area contributed by atoms with E-state index in [1.165, 1.54) is 5.56 Å². The fraction of sp³-hybridized carbons (Fsp3) is 0.208. The maximum atomic E-state index is 5.85. The summed E-state index contributed by atoms with van der Waals surface area (Å²) in [6.07, 6.45) is 3.66. The molecular formula is C24H23N5OS2. The van der Waals surface area contributed by atoms with Crippen molar-refractivity contribution in [2.75, 3.05) is 12.0 Å².